The van der Waals surface area contributed by atoms with Gasteiger partial charge in [-0.05, 0) is 42.5 Å². The largest absolute Gasteiger partial charge is 0.495 e. The second-order valence-corrected chi connectivity index (χ2v) is 9.49. The summed E-state index contributed by atoms with van der Waals surface area (Å²) in [5, 5.41) is 7.92. The Morgan fingerprint density at radius 1 is 1.03 bits per heavy atom. The molecule has 0 aromatic heterocycles. The smallest absolute Gasteiger partial charge is 0.319 e. The highest BCUT2D eigenvalue weighted by atomic mass is 79.9. The molecule has 0 fully saturated rings. The van der Waals surface area contributed by atoms with Gasteiger partial charge in [0.25, 0.3) is 0 Å². The SMILES string of the molecule is CCN(CC)S(=O)(=O)c1ccc(OC)c(NC(=O)CCNC(=O)Nc2ccc(Br)cc2)c1. The minimum absolute atomic E-state index is 0.00999. The van der Waals surface area contributed by atoms with Gasteiger partial charge < -0.3 is 20.7 Å². The van der Waals surface area contributed by atoms with Gasteiger partial charge in [-0.15, -0.1) is 0 Å². The van der Waals surface area contributed by atoms with Crippen LogP contribution in [-0.4, -0.2) is 51.4 Å². The minimum atomic E-state index is -3.69. The van der Waals surface area contributed by atoms with Crippen LogP contribution >= 0.6 is 15.9 Å². The van der Waals surface area contributed by atoms with Crippen molar-refractivity contribution >= 4 is 49.3 Å². The van der Waals surface area contributed by atoms with Crippen molar-refractivity contribution in [3.8, 4) is 5.75 Å². The number of hydrogen-bond acceptors (Lipinski definition) is 5. The van der Waals surface area contributed by atoms with Crippen molar-refractivity contribution in [3.05, 3.63) is 46.9 Å². The molecule has 0 radical (unpaired) electrons. The number of carbonyl (C=O) groups excluding carboxylic acids is 2. The fraction of sp³-hybridized carbons (Fsp3) is 0.333. The molecule has 11 heteroatoms. The number of nitrogens with one attached hydrogen (secondary N) is 3. The molecule has 32 heavy (non-hydrogen) atoms. The third-order valence-corrected chi connectivity index (χ3v) is 7.10. The molecule has 3 amide bonds. The maximum Gasteiger partial charge on any atom is 0.319 e. The Labute approximate surface area is 196 Å². The zero-order valence-electron chi connectivity index (χ0n) is 18.1. The predicted molar refractivity (Wildman–Crippen MR) is 128 cm³/mol. The molecular formula is C21H27BrN4O5S. The van der Waals surface area contributed by atoms with Gasteiger partial charge in [-0.2, -0.15) is 4.31 Å². The summed E-state index contributed by atoms with van der Waals surface area (Å²) in [6.45, 7) is 4.27. The van der Waals surface area contributed by atoms with Gasteiger partial charge in [-0.3, -0.25) is 4.79 Å². The molecule has 0 spiro atoms. The molecule has 0 aliphatic carbocycles. The Hall–Kier alpha value is -2.63. The number of sulfonamides is 1. The summed E-state index contributed by atoms with van der Waals surface area (Å²) in [6, 6.07) is 10.9. The van der Waals surface area contributed by atoms with Gasteiger partial charge in [0.15, 0.2) is 0 Å². The van der Waals surface area contributed by atoms with E-state index in [0.717, 1.165) is 4.47 Å². The molecule has 0 saturated carbocycles. The number of hydrogen-bond donors (Lipinski definition) is 3. The van der Waals surface area contributed by atoms with Gasteiger partial charge in [0, 0.05) is 36.2 Å². The molecule has 0 atom stereocenters. The van der Waals surface area contributed by atoms with Crippen LogP contribution in [0.3, 0.4) is 0 Å². The van der Waals surface area contributed by atoms with Gasteiger partial charge >= 0.3 is 6.03 Å². The third kappa shape index (κ3) is 6.94. The fourth-order valence-electron chi connectivity index (χ4n) is 2.87. The number of ether oxygens (including phenoxy) is 1. The summed E-state index contributed by atoms with van der Waals surface area (Å²) in [5.74, 6) is -0.0672. The second-order valence-electron chi connectivity index (χ2n) is 6.64. The van der Waals surface area contributed by atoms with E-state index in [2.05, 4.69) is 31.9 Å². The Morgan fingerprint density at radius 3 is 2.28 bits per heavy atom. The van der Waals surface area contributed by atoms with Crippen molar-refractivity contribution in [2.24, 2.45) is 0 Å². The highest BCUT2D eigenvalue weighted by Crippen LogP contribution is 2.29. The van der Waals surface area contributed by atoms with Crippen LogP contribution in [-0.2, 0) is 14.8 Å². The number of nitrogens with zero attached hydrogens (tertiary/aromatic N) is 1. The molecule has 2 aromatic rings. The van der Waals surface area contributed by atoms with E-state index in [1.807, 2.05) is 0 Å². The molecule has 0 aliphatic heterocycles. The van der Waals surface area contributed by atoms with Crippen LogP contribution in [0.15, 0.2) is 51.8 Å². The van der Waals surface area contributed by atoms with Crippen molar-refractivity contribution in [2.75, 3.05) is 37.4 Å². The Kier molecular flexibility index (Phi) is 9.48. The number of rotatable bonds is 10. The molecule has 0 bridgehead atoms. The van der Waals surface area contributed by atoms with Gasteiger partial charge in [0.1, 0.15) is 5.75 Å². The van der Waals surface area contributed by atoms with Crippen LogP contribution in [0.2, 0.25) is 0 Å². The Morgan fingerprint density at radius 2 is 1.69 bits per heavy atom. The van der Waals surface area contributed by atoms with Gasteiger partial charge in [-0.1, -0.05) is 29.8 Å². The number of amides is 3. The van der Waals surface area contributed by atoms with E-state index in [1.165, 1.54) is 29.6 Å². The number of halogens is 1. The van der Waals surface area contributed by atoms with E-state index in [4.69, 9.17) is 4.74 Å². The fourth-order valence-corrected chi connectivity index (χ4v) is 4.62. The minimum Gasteiger partial charge on any atom is -0.495 e. The monoisotopic (exact) mass is 526 g/mol. The summed E-state index contributed by atoms with van der Waals surface area (Å²) in [4.78, 5) is 24.4. The van der Waals surface area contributed by atoms with E-state index in [1.54, 1.807) is 38.1 Å². The van der Waals surface area contributed by atoms with Crippen LogP contribution in [0.1, 0.15) is 20.3 Å². The first kappa shape index (κ1) is 25.6. The second kappa shape index (κ2) is 11.8. The van der Waals surface area contributed by atoms with Crippen molar-refractivity contribution < 1.29 is 22.7 Å². The maximum atomic E-state index is 12.8. The summed E-state index contributed by atoms with van der Waals surface area (Å²) in [6.07, 6.45) is -0.00999. The predicted octanol–water partition coefficient (Wildman–Crippen LogP) is 3.64. The highest BCUT2D eigenvalue weighted by Gasteiger charge is 2.23. The number of carbonyl (C=O) groups is 2. The van der Waals surface area contributed by atoms with Crippen LogP contribution in [0.25, 0.3) is 0 Å². The van der Waals surface area contributed by atoms with Crippen molar-refractivity contribution in [1.82, 2.24) is 9.62 Å². The first-order chi connectivity index (χ1) is 15.2. The molecule has 174 valence electrons. The van der Waals surface area contributed by atoms with Crippen LogP contribution < -0.4 is 20.7 Å². The highest BCUT2D eigenvalue weighted by molar-refractivity contribution is 9.10. The Balaban J connectivity index is 1.98. The van der Waals surface area contributed by atoms with E-state index in [-0.39, 0.29) is 23.5 Å². The lowest BCUT2D eigenvalue weighted by atomic mass is 10.2. The average molecular weight is 527 g/mol. The molecular weight excluding hydrogens is 500 g/mol. The standard InChI is InChI=1S/C21H27BrN4O5S/c1-4-26(5-2)32(29,30)17-10-11-19(31-3)18(14-17)25-20(27)12-13-23-21(28)24-16-8-6-15(22)7-9-16/h6-11,14H,4-5,12-13H2,1-3H3,(H,25,27)(H2,23,24,28). The Bertz CT molecular complexity index is 1040. The molecule has 3 N–H and O–H groups in total. The number of urea groups is 1. The zero-order valence-corrected chi connectivity index (χ0v) is 20.5. The topological polar surface area (TPSA) is 117 Å². The molecule has 9 nitrogen and oxygen atoms in total. The number of benzene rings is 2. The first-order valence-corrected chi connectivity index (χ1v) is 12.2. The lowest BCUT2D eigenvalue weighted by Crippen LogP contribution is -2.31. The van der Waals surface area contributed by atoms with Crippen LogP contribution in [0.5, 0.6) is 5.75 Å². The summed E-state index contributed by atoms with van der Waals surface area (Å²) < 4.78 is 33.0. The summed E-state index contributed by atoms with van der Waals surface area (Å²) in [5.41, 5.74) is 0.858. The van der Waals surface area contributed by atoms with Crippen molar-refractivity contribution in [2.45, 2.75) is 25.2 Å². The van der Waals surface area contributed by atoms with Gasteiger partial charge in [-0.25, -0.2) is 13.2 Å². The molecule has 0 aliphatic rings. The summed E-state index contributed by atoms with van der Waals surface area (Å²) in [7, 11) is -2.26. The first-order valence-electron chi connectivity index (χ1n) is 9.99. The van der Waals surface area contributed by atoms with Gasteiger partial charge in [0.05, 0.1) is 17.7 Å². The number of anilines is 2. The lowest BCUT2D eigenvalue weighted by Gasteiger charge is -2.19. The van der Waals surface area contributed by atoms with E-state index in [0.29, 0.717) is 24.5 Å². The van der Waals surface area contributed by atoms with Crippen LogP contribution in [0, 0.1) is 0 Å². The molecule has 0 heterocycles. The normalized spacial score (nSPS) is 11.2. The zero-order chi connectivity index (χ0) is 23.7. The maximum absolute atomic E-state index is 12.8. The molecule has 0 saturated heterocycles. The van der Waals surface area contributed by atoms with E-state index < -0.39 is 22.0 Å². The van der Waals surface area contributed by atoms with Crippen LogP contribution in [0.4, 0.5) is 16.2 Å². The lowest BCUT2D eigenvalue weighted by molar-refractivity contribution is -0.116. The van der Waals surface area contributed by atoms with E-state index in [9.17, 15) is 18.0 Å². The summed E-state index contributed by atoms with van der Waals surface area (Å²) >= 11 is 3.32. The quantitative estimate of drug-likeness (QED) is 0.436. The number of methoxy groups -OCH3 is 1. The van der Waals surface area contributed by atoms with Crippen molar-refractivity contribution in [3.63, 3.8) is 0 Å². The molecule has 2 rings (SSSR count). The molecule has 2 aromatic carbocycles. The average Bonchev–Trinajstić information content (AvgIpc) is 2.76. The third-order valence-electron chi connectivity index (χ3n) is 4.53. The van der Waals surface area contributed by atoms with E-state index >= 15 is 0 Å². The molecule has 0 unspecified atom stereocenters. The van der Waals surface area contributed by atoms with Crippen molar-refractivity contribution in [1.29, 1.82) is 0 Å². The van der Waals surface area contributed by atoms with Gasteiger partial charge in [0.2, 0.25) is 15.9 Å².